The van der Waals surface area contributed by atoms with Crippen LogP contribution in [0.3, 0.4) is 0 Å². The fraction of sp³-hybridized carbons (Fsp3) is 0.632. The van der Waals surface area contributed by atoms with E-state index >= 15 is 0 Å². The van der Waals surface area contributed by atoms with E-state index in [1.165, 1.54) is 38.5 Å². The van der Waals surface area contributed by atoms with Crippen LogP contribution in [0.5, 0.6) is 5.75 Å². The Hall–Kier alpha value is -1.75. The highest BCUT2D eigenvalue weighted by Gasteiger charge is 2.12. The van der Waals surface area contributed by atoms with Gasteiger partial charge in [0.1, 0.15) is 5.75 Å². The van der Waals surface area contributed by atoms with Crippen LogP contribution in [-0.2, 0) is 11.3 Å². The predicted octanol–water partition coefficient (Wildman–Crippen LogP) is 3.10. The van der Waals surface area contributed by atoms with E-state index in [4.69, 9.17) is 9.47 Å². The van der Waals surface area contributed by atoms with Gasteiger partial charge in [0, 0.05) is 20.1 Å². The minimum absolute atomic E-state index is 0.445. The van der Waals surface area contributed by atoms with E-state index < -0.39 is 0 Å². The molecule has 0 aromatic heterocycles. The minimum Gasteiger partial charge on any atom is -0.497 e. The van der Waals surface area contributed by atoms with Crippen molar-refractivity contribution >= 4 is 5.96 Å². The van der Waals surface area contributed by atoms with Crippen LogP contribution >= 0.6 is 0 Å². The minimum atomic E-state index is 0.445. The third kappa shape index (κ3) is 6.79. The van der Waals surface area contributed by atoms with E-state index in [0.717, 1.165) is 30.4 Å². The molecule has 0 spiro atoms. The molecule has 0 saturated heterocycles. The average molecular weight is 333 g/mol. The maximum absolute atomic E-state index is 5.99. The molecule has 2 N–H and O–H groups in total. The smallest absolute Gasteiger partial charge is 0.191 e. The zero-order chi connectivity index (χ0) is 17.0. The molecule has 1 aliphatic rings. The quantitative estimate of drug-likeness (QED) is 0.348. The van der Waals surface area contributed by atoms with Gasteiger partial charge in [0.15, 0.2) is 5.96 Å². The highest BCUT2D eigenvalue weighted by Crippen LogP contribution is 2.19. The van der Waals surface area contributed by atoms with Crippen molar-refractivity contribution in [2.75, 3.05) is 27.3 Å². The first-order valence-electron chi connectivity index (χ1n) is 9.01. The van der Waals surface area contributed by atoms with Crippen LogP contribution in [0.4, 0.5) is 0 Å². The van der Waals surface area contributed by atoms with Gasteiger partial charge in [-0.05, 0) is 30.5 Å². The summed E-state index contributed by atoms with van der Waals surface area (Å²) in [5.41, 5.74) is 1.16. The molecule has 1 aromatic rings. The fourth-order valence-corrected chi connectivity index (χ4v) is 2.99. The third-order valence-corrected chi connectivity index (χ3v) is 4.37. The molecule has 1 aromatic carbocycles. The van der Waals surface area contributed by atoms with Crippen molar-refractivity contribution in [2.24, 2.45) is 4.99 Å². The van der Waals surface area contributed by atoms with Gasteiger partial charge in [-0.15, -0.1) is 0 Å². The Kier molecular flexibility index (Phi) is 8.46. The van der Waals surface area contributed by atoms with Gasteiger partial charge < -0.3 is 20.1 Å². The van der Waals surface area contributed by atoms with Crippen LogP contribution in [0, 0.1) is 0 Å². The van der Waals surface area contributed by atoms with Crippen molar-refractivity contribution in [1.29, 1.82) is 0 Å². The largest absolute Gasteiger partial charge is 0.497 e. The lowest BCUT2D eigenvalue weighted by atomic mass is 10.1. The summed E-state index contributed by atoms with van der Waals surface area (Å²) in [7, 11) is 3.47. The standard InChI is InChI=1S/C19H31N3O2/c1-20-19(22-15-16-8-7-11-18(14-16)23-2)21-12-13-24-17-9-5-3-4-6-10-17/h7-8,11,14,17H,3-6,9-10,12-13,15H2,1-2H3,(H2,20,21,22). The molecule has 0 atom stereocenters. The van der Waals surface area contributed by atoms with Gasteiger partial charge in [0.2, 0.25) is 0 Å². The first-order valence-corrected chi connectivity index (χ1v) is 9.01. The van der Waals surface area contributed by atoms with Gasteiger partial charge in [0.25, 0.3) is 0 Å². The lowest BCUT2D eigenvalue weighted by Gasteiger charge is -2.17. The number of aliphatic imine (C=N–C) groups is 1. The summed E-state index contributed by atoms with van der Waals surface area (Å²) in [6.45, 7) is 2.21. The molecule has 0 radical (unpaired) electrons. The van der Waals surface area contributed by atoms with E-state index in [0.29, 0.717) is 12.6 Å². The zero-order valence-corrected chi connectivity index (χ0v) is 15.0. The van der Waals surface area contributed by atoms with E-state index in [-0.39, 0.29) is 0 Å². The Morgan fingerprint density at radius 3 is 2.67 bits per heavy atom. The Bertz CT molecular complexity index is 497. The summed E-state index contributed by atoms with van der Waals surface area (Å²) >= 11 is 0. The van der Waals surface area contributed by atoms with Crippen molar-refractivity contribution in [3.8, 4) is 5.75 Å². The lowest BCUT2D eigenvalue weighted by molar-refractivity contribution is 0.0468. The number of nitrogens with zero attached hydrogens (tertiary/aromatic N) is 1. The van der Waals surface area contributed by atoms with E-state index in [9.17, 15) is 0 Å². The molecule has 5 heteroatoms. The third-order valence-electron chi connectivity index (χ3n) is 4.37. The normalized spacial score (nSPS) is 16.5. The number of methoxy groups -OCH3 is 1. The summed E-state index contributed by atoms with van der Waals surface area (Å²) in [4.78, 5) is 4.25. The van der Waals surface area contributed by atoms with Gasteiger partial charge in [-0.2, -0.15) is 0 Å². The number of hydrogen-bond acceptors (Lipinski definition) is 3. The van der Waals surface area contributed by atoms with Gasteiger partial charge >= 0.3 is 0 Å². The first-order chi connectivity index (χ1) is 11.8. The van der Waals surface area contributed by atoms with Crippen LogP contribution in [0.25, 0.3) is 0 Å². The van der Waals surface area contributed by atoms with Gasteiger partial charge in [-0.1, -0.05) is 37.8 Å². The number of hydrogen-bond donors (Lipinski definition) is 2. The molecule has 1 saturated carbocycles. The van der Waals surface area contributed by atoms with Crippen LogP contribution in [-0.4, -0.2) is 39.4 Å². The fourth-order valence-electron chi connectivity index (χ4n) is 2.99. The first kappa shape index (κ1) is 18.6. The number of guanidine groups is 1. The van der Waals surface area contributed by atoms with Crippen molar-refractivity contribution in [2.45, 2.75) is 51.2 Å². The molecule has 1 aliphatic carbocycles. The average Bonchev–Trinajstić information content (AvgIpc) is 2.90. The van der Waals surface area contributed by atoms with Gasteiger partial charge in [-0.25, -0.2) is 0 Å². The van der Waals surface area contributed by atoms with E-state index in [1.807, 2.05) is 18.2 Å². The zero-order valence-electron chi connectivity index (χ0n) is 15.0. The monoisotopic (exact) mass is 333 g/mol. The maximum Gasteiger partial charge on any atom is 0.191 e. The van der Waals surface area contributed by atoms with Crippen LogP contribution in [0.1, 0.15) is 44.1 Å². The molecule has 5 nitrogen and oxygen atoms in total. The van der Waals surface area contributed by atoms with Crippen molar-refractivity contribution in [3.05, 3.63) is 29.8 Å². The second-order valence-electron chi connectivity index (χ2n) is 6.19. The Morgan fingerprint density at radius 2 is 1.96 bits per heavy atom. The van der Waals surface area contributed by atoms with Crippen LogP contribution in [0.2, 0.25) is 0 Å². The van der Waals surface area contributed by atoms with Gasteiger partial charge in [-0.3, -0.25) is 4.99 Å². The Balaban J connectivity index is 1.64. The van der Waals surface area contributed by atoms with E-state index in [2.05, 4.69) is 21.7 Å². The molecule has 0 amide bonds. The molecular formula is C19H31N3O2. The number of nitrogens with one attached hydrogen (secondary N) is 2. The molecule has 0 aliphatic heterocycles. The number of rotatable bonds is 7. The topological polar surface area (TPSA) is 54.9 Å². The molecule has 134 valence electrons. The van der Waals surface area contributed by atoms with Crippen molar-refractivity contribution in [3.63, 3.8) is 0 Å². The molecular weight excluding hydrogens is 302 g/mol. The molecule has 1 fully saturated rings. The second kappa shape index (κ2) is 10.9. The van der Waals surface area contributed by atoms with Crippen molar-refractivity contribution < 1.29 is 9.47 Å². The molecule has 0 heterocycles. The van der Waals surface area contributed by atoms with Gasteiger partial charge in [0.05, 0.1) is 19.8 Å². The molecule has 0 unspecified atom stereocenters. The van der Waals surface area contributed by atoms with E-state index in [1.54, 1.807) is 14.2 Å². The summed E-state index contributed by atoms with van der Waals surface area (Å²) in [6, 6.07) is 8.03. The molecule has 0 bridgehead atoms. The second-order valence-corrected chi connectivity index (χ2v) is 6.19. The summed E-state index contributed by atoms with van der Waals surface area (Å²) < 4.78 is 11.2. The summed E-state index contributed by atoms with van der Waals surface area (Å²) in [5.74, 6) is 1.66. The predicted molar refractivity (Wildman–Crippen MR) is 98.6 cm³/mol. The number of ether oxygens (including phenoxy) is 2. The maximum atomic E-state index is 5.99. The Labute approximate surface area is 145 Å². The number of benzene rings is 1. The van der Waals surface area contributed by atoms with Crippen molar-refractivity contribution in [1.82, 2.24) is 10.6 Å². The molecule has 24 heavy (non-hydrogen) atoms. The van der Waals surface area contributed by atoms with Crippen LogP contribution < -0.4 is 15.4 Å². The Morgan fingerprint density at radius 1 is 1.17 bits per heavy atom. The SMILES string of the molecule is CN=C(NCCOC1CCCCCC1)NCc1cccc(OC)c1. The molecule has 2 rings (SSSR count). The summed E-state index contributed by atoms with van der Waals surface area (Å²) in [5, 5.41) is 6.62. The highest BCUT2D eigenvalue weighted by atomic mass is 16.5. The summed E-state index contributed by atoms with van der Waals surface area (Å²) in [6.07, 6.45) is 8.20. The highest BCUT2D eigenvalue weighted by molar-refractivity contribution is 5.79. The van der Waals surface area contributed by atoms with Crippen LogP contribution in [0.15, 0.2) is 29.3 Å². The lowest BCUT2D eigenvalue weighted by Crippen LogP contribution is -2.38.